The summed E-state index contributed by atoms with van der Waals surface area (Å²) in [5.74, 6) is 0.363. The van der Waals surface area contributed by atoms with Gasteiger partial charge in [0.15, 0.2) is 0 Å². The highest BCUT2D eigenvalue weighted by molar-refractivity contribution is 5.94. The average molecular weight is 338 g/mol. The molecule has 0 saturated carbocycles. The molecule has 0 radical (unpaired) electrons. The van der Waals surface area contributed by atoms with Gasteiger partial charge in [0.2, 0.25) is 0 Å². The number of carbonyl (C=O) groups is 1. The third-order valence-electron chi connectivity index (χ3n) is 3.87. The van der Waals surface area contributed by atoms with E-state index in [1.807, 2.05) is 26.0 Å². The van der Waals surface area contributed by atoms with Crippen molar-refractivity contribution in [1.29, 1.82) is 5.26 Å². The van der Waals surface area contributed by atoms with E-state index in [1.165, 1.54) is 0 Å². The Bertz CT molecular complexity index is 766. The van der Waals surface area contributed by atoms with Crippen LogP contribution in [0, 0.1) is 17.2 Å². The van der Waals surface area contributed by atoms with Crippen LogP contribution in [0.3, 0.4) is 0 Å². The predicted octanol–water partition coefficient (Wildman–Crippen LogP) is 2.88. The Labute approximate surface area is 147 Å². The zero-order valence-corrected chi connectivity index (χ0v) is 14.4. The molecule has 0 heterocycles. The molecule has 0 aliphatic heterocycles. The number of amides is 1. The normalized spacial score (nSPS) is 11.6. The van der Waals surface area contributed by atoms with Crippen LogP contribution >= 0.6 is 0 Å². The van der Waals surface area contributed by atoms with E-state index in [2.05, 4.69) is 11.4 Å². The highest BCUT2D eigenvalue weighted by Crippen LogP contribution is 2.17. The van der Waals surface area contributed by atoms with Crippen LogP contribution in [0.5, 0.6) is 5.75 Å². The van der Waals surface area contributed by atoms with E-state index >= 15 is 0 Å². The van der Waals surface area contributed by atoms with Crippen LogP contribution in [0.15, 0.2) is 48.5 Å². The quantitative estimate of drug-likeness (QED) is 0.813. The molecular weight excluding hydrogens is 316 g/mol. The van der Waals surface area contributed by atoms with Crippen molar-refractivity contribution in [2.45, 2.75) is 26.6 Å². The van der Waals surface area contributed by atoms with Gasteiger partial charge in [-0.25, -0.2) is 0 Å². The number of carbonyl (C=O) groups excluding carboxylic acids is 1. The van der Waals surface area contributed by atoms with Gasteiger partial charge in [-0.05, 0) is 30.2 Å². The summed E-state index contributed by atoms with van der Waals surface area (Å²) in [6, 6.07) is 16.2. The van der Waals surface area contributed by atoms with Gasteiger partial charge < -0.3 is 15.2 Å². The second-order valence-corrected chi connectivity index (χ2v) is 6.11. The Balaban J connectivity index is 1.99. The Morgan fingerprint density at radius 3 is 2.72 bits per heavy atom. The largest absolute Gasteiger partial charge is 0.489 e. The maximum atomic E-state index is 12.2. The van der Waals surface area contributed by atoms with Crippen LogP contribution in [0.25, 0.3) is 0 Å². The topological polar surface area (TPSA) is 82.3 Å². The molecule has 1 amide bonds. The summed E-state index contributed by atoms with van der Waals surface area (Å²) in [7, 11) is 0. The molecule has 0 aromatic heterocycles. The van der Waals surface area contributed by atoms with E-state index in [4.69, 9.17) is 10.00 Å². The molecule has 25 heavy (non-hydrogen) atoms. The lowest BCUT2D eigenvalue weighted by Gasteiger charge is -2.15. The van der Waals surface area contributed by atoms with Crippen LogP contribution in [-0.2, 0) is 6.61 Å². The Morgan fingerprint density at radius 2 is 2.00 bits per heavy atom. The maximum Gasteiger partial charge on any atom is 0.251 e. The summed E-state index contributed by atoms with van der Waals surface area (Å²) in [4.78, 5) is 12.2. The molecule has 2 N–H and O–H groups in total. The lowest BCUT2D eigenvalue weighted by molar-refractivity contribution is 0.0871. The zero-order valence-electron chi connectivity index (χ0n) is 14.4. The molecule has 130 valence electrons. The van der Waals surface area contributed by atoms with Crippen LogP contribution in [0.2, 0.25) is 0 Å². The van der Waals surface area contributed by atoms with Gasteiger partial charge in [0.05, 0.1) is 17.7 Å². The Hall–Kier alpha value is -2.84. The number of hydrogen-bond donors (Lipinski definition) is 2. The molecule has 5 nitrogen and oxygen atoms in total. The molecule has 0 aliphatic rings. The third kappa shape index (κ3) is 5.33. The first kappa shape index (κ1) is 18.5. The molecule has 2 rings (SSSR count). The molecule has 5 heteroatoms. The molecule has 2 aromatic rings. The number of aliphatic hydroxyl groups is 1. The van der Waals surface area contributed by atoms with Gasteiger partial charge >= 0.3 is 0 Å². The smallest absolute Gasteiger partial charge is 0.251 e. The molecule has 0 spiro atoms. The monoisotopic (exact) mass is 338 g/mol. The summed E-state index contributed by atoms with van der Waals surface area (Å²) >= 11 is 0. The molecule has 0 bridgehead atoms. The standard InChI is InChI=1S/C20H22N2O3/c1-14(2)19(23)12-22-20(24)15-8-5-9-18(10-15)25-13-17-7-4-3-6-16(17)11-21/h3-10,14,19,23H,12-13H2,1-2H3,(H,22,24). The lowest BCUT2D eigenvalue weighted by atomic mass is 10.1. The van der Waals surface area contributed by atoms with E-state index in [-0.39, 0.29) is 25.0 Å². The summed E-state index contributed by atoms with van der Waals surface area (Å²) in [6.45, 7) is 4.24. The predicted molar refractivity (Wildman–Crippen MR) is 95.1 cm³/mol. The van der Waals surface area contributed by atoms with Gasteiger partial charge in [0.25, 0.3) is 5.91 Å². The van der Waals surface area contributed by atoms with Crippen molar-refractivity contribution in [2.75, 3.05) is 6.54 Å². The van der Waals surface area contributed by atoms with Gasteiger partial charge in [-0.1, -0.05) is 38.1 Å². The third-order valence-corrected chi connectivity index (χ3v) is 3.87. The maximum absolute atomic E-state index is 12.2. The number of benzene rings is 2. The van der Waals surface area contributed by atoms with Crippen molar-refractivity contribution in [3.05, 3.63) is 65.2 Å². The van der Waals surface area contributed by atoms with Crippen molar-refractivity contribution >= 4 is 5.91 Å². The molecule has 1 unspecified atom stereocenters. The molecule has 2 aromatic carbocycles. The minimum absolute atomic E-state index is 0.0789. The van der Waals surface area contributed by atoms with E-state index in [0.717, 1.165) is 5.56 Å². The van der Waals surface area contributed by atoms with Crippen molar-refractivity contribution in [2.24, 2.45) is 5.92 Å². The van der Waals surface area contributed by atoms with Gasteiger partial charge in [-0.3, -0.25) is 4.79 Å². The van der Waals surface area contributed by atoms with Gasteiger partial charge in [-0.2, -0.15) is 5.26 Å². The Kier molecular flexibility index (Phi) is 6.55. The van der Waals surface area contributed by atoms with Crippen LogP contribution in [0.1, 0.15) is 35.3 Å². The van der Waals surface area contributed by atoms with E-state index in [0.29, 0.717) is 16.9 Å². The second-order valence-electron chi connectivity index (χ2n) is 6.11. The molecular formula is C20H22N2O3. The van der Waals surface area contributed by atoms with Gasteiger partial charge in [0, 0.05) is 17.7 Å². The average Bonchev–Trinajstić information content (AvgIpc) is 2.64. The fraction of sp³-hybridized carbons (Fsp3) is 0.300. The Morgan fingerprint density at radius 1 is 1.24 bits per heavy atom. The summed E-state index contributed by atoms with van der Waals surface area (Å²) in [5, 5.41) is 21.6. The summed E-state index contributed by atoms with van der Waals surface area (Å²) in [6.07, 6.45) is -0.578. The summed E-state index contributed by atoms with van der Waals surface area (Å²) in [5.41, 5.74) is 1.82. The zero-order chi connectivity index (χ0) is 18.2. The fourth-order valence-corrected chi connectivity index (χ4v) is 2.18. The van der Waals surface area contributed by atoms with Crippen molar-refractivity contribution < 1.29 is 14.6 Å². The number of hydrogen-bond acceptors (Lipinski definition) is 4. The van der Waals surface area contributed by atoms with Crippen LogP contribution < -0.4 is 10.1 Å². The molecule has 0 saturated heterocycles. The van der Waals surface area contributed by atoms with Crippen LogP contribution in [0.4, 0.5) is 0 Å². The summed E-state index contributed by atoms with van der Waals surface area (Å²) < 4.78 is 5.71. The van der Waals surface area contributed by atoms with Crippen molar-refractivity contribution in [1.82, 2.24) is 5.32 Å². The SMILES string of the molecule is CC(C)C(O)CNC(=O)c1cccc(OCc2ccccc2C#N)c1. The first-order valence-corrected chi connectivity index (χ1v) is 8.18. The first-order chi connectivity index (χ1) is 12.0. The van der Waals surface area contributed by atoms with Gasteiger partial charge in [-0.15, -0.1) is 0 Å². The molecule has 0 fully saturated rings. The highest BCUT2D eigenvalue weighted by Gasteiger charge is 2.12. The van der Waals surface area contributed by atoms with E-state index in [9.17, 15) is 9.90 Å². The van der Waals surface area contributed by atoms with E-state index < -0.39 is 6.10 Å². The number of ether oxygens (including phenoxy) is 1. The highest BCUT2D eigenvalue weighted by atomic mass is 16.5. The molecule has 0 aliphatic carbocycles. The number of nitrogens with zero attached hydrogens (tertiary/aromatic N) is 1. The minimum Gasteiger partial charge on any atom is -0.489 e. The number of rotatable bonds is 7. The van der Waals surface area contributed by atoms with Crippen molar-refractivity contribution in [3.63, 3.8) is 0 Å². The van der Waals surface area contributed by atoms with Crippen molar-refractivity contribution in [3.8, 4) is 11.8 Å². The van der Waals surface area contributed by atoms with Gasteiger partial charge in [0.1, 0.15) is 12.4 Å². The fourth-order valence-electron chi connectivity index (χ4n) is 2.18. The number of nitriles is 1. The second kappa shape index (κ2) is 8.86. The first-order valence-electron chi connectivity index (χ1n) is 8.18. The number of nitrogens with one attached hydrogen (secondary N) is 1. The van der Waals surface area contributed by atoms with Crippen LogP contribution in [-0.4, -0.2) is 23.7 Å². The molecule has 1 atom stereocenters. The minimum atomic E-state index is -0.578. The lowest BCUT2D eigenvalue weighted by Crippen LogP contribution is -2.34. The van der Waals surface area contributed by atoms with E-state index in [1.54, 1.807) is 36.4 Å². The number of aliphatic hydroxyl groups excluding tert-OH is 1.